The van der Waals surface area contributed by atoms with Gasteiger partial charge in [-0.25, -0.2) is 5.48 Å². The van der Waals surface area contributed by atoms with Crippen molar-refractivity contribution >= 4 is 0 Å². The van der Waals surface area contributed by atoms with Crippen LogP contribution in [0.15, 0.2) is 36.5 Å². The molecule has 0 aliphatic heterocycles. The Labute approximate surface area is 68.9 Å². The van der Waals surface area contributed by atoms with Gasteiger partial charge in [-0.2, -0.15) is 0 Å². The molecule has 0 fully saturated rings. The number of hydroxylamine groups is 1. The zero-order chi connectivity index (χ0) is 9.11. The average molecular weight is 155 g/mol. The Morgan fingerprint density at radius 1 is 1.55 bits per heavy atom. The lowest BCUT2D eigenvalue weighted by Crippen LogP contribution is -1.91. The molecule has 0 saturated carbocycles. The molecule has 0 bridgehead atoms. The van der Waals surface area contributed by atoms with Crippen molar-refractivity contribution in [1.29, 1.82) is 0 Å². The van der Waals surface area contributed by atoms with E-state index in [1.54, 1.807) is 5.48 Å². The monoisotopic (exact) mass is 155 g/mol. The van der Waals surface area contributed by atoms with Crippen molar-refractivity contribution in [2.45, 2.75) is 13.8 Å². The van der Waals surface area contributed by atoms with Crippen molar-refractivity contribution < 1.29 is 5.21 Å². The van der Waals surface area contributed by atoms with Gasteiger partial charge in [0.1, 0.15) is 0 Å². The molecule has 0 saturated heterocycles. The van der Waals surface area contributed by atoms with Gasteiger partial charge in [0.2, 0.25) is 0 Å². The summed E-state index contributed by atoms with van der Waals surface area (Å²) in [6.07, 6.45) is 7.84. The highest BCUT2D eigenvalue weighted by Gasteiger charge is 1.70. The fourth-order valence-corrected chi connectivity index (χ4v) is 0.316. The summed E-state index contributed by atoms with van der Waals surface area (Å²) in [5, 5.41) is 7.32. The second-order valence-electron chi connectivity index (χ2n) is 1.86. The fourth-order valence-electron chi connectivity index (χ4n) is 0.316. The molecule has 0 atom stereocenters. The maximum Gasteiger partial charge on any atom is 0.00929 e. The van der Waals surface area contributed by atoms with Gasteiger partial charge in [-0.05, 0) is 13.8 Å². The zero-order valence-corrected chi connectivity index (χ0v) is 7.46. The van der Waals surface area contributed by atoms with Crippen LogP contribution in [0.3, 0.4) is 0 Å². The van der Waals surface area contributed by atoms with Crippen molar-refractivity contribution in [3.63, 3.8) is 0 Å². The smallest absolute Gasteiger partial charge is 0.00929 e. The van der Waals surface area contributed by atoms with Crippen molar-refractivity contribution in [2.75, 3.05) is 7.05 Å². The predicted octanol–water partition coefficient (Wildman–Crippen LogP) is 2.29. The van der Waals surface area contributed by atoms with Gasteiger partial charge in [0, 0.05) is 7.05 Å². The molecule has 0 rings (SSSR count). The summed E-state index contributed by atoms with van der Waals surface area (Å²) in [5.41, 5.74) is 2.95. The molecule has 0 aromatic rings. The van der Waals surface area contributed by atoms with Gasteiger partial charge >= 0.3 is 0 Å². The molecule has 11 heavy (non-hydrogen) atoms. The molecule has 0 amide bonds. The van der Waals surface area contributed by atoms with Crippen LogP contribution < -0.4 is 5.48 Å². The molecule has 2 nitrogen and oxygen atoms in total. The van der Waals surface area contributed by atoms with Crippen LogP contribution >= 0.6 is 0 Å². The van der Waals surface area contributed by atoms with Gasteiger partial charge in [-0.15, -0.1) is 0 Å². The average Bonchev–Trinajstić information content (AvgIpc) is 2.02. The second-order valence-corrected chi connectivity index (χ2v) is 1.86. The topological polar surface area (TPSA) is 32.3 Å². The van der Waals surface area contributed by atoms with Crippen molar-refractivity contribution in [3.8, 4) is 0 Å². The van der Waals surface area contributed by atoms with Crippen LogP contribution in [-0.4, -0.2) is 12.3 Å². The molecule has 0 spiro atoms. The number of rotatable bonds is 2. The lowest BCUT2D eigenvalue weighted by molar-refractivity contribution is 0.194. The Balaban J connectivity index is 0. The van der Waals surface area contributed by atoms with Gasteiger partial charge < -0.3 is 5.21 Å². The molecule has 0 heterocycles. The number of hydrogen-bond donors (Lipinski definition) is 2. The van der Waals surface area contributed by atoms with Crippen LogP contribution in [0.2, 0.25) is 0 Å². The first-order valence-corrected chi connectivity index (χ1v) is 3.45. The van der Waals surface area contributed by atoms with E-state index in [1.165, 1.54) is 12.6 Å². The van der Waals surface area contributed by atoms with Gasteiger partial charge in [-0.1, -0.05) is 36.5 Å². The highest BCUT2D eigenvalue weighted by Crippen LogP contribution is 1.91. The van der Waals surface area contributed by atoms with E-state index in [4.69, 9.17) is 5.21 Å². The van der Waals surface area contributed by atoms with Crippen molar-refractivity contribution in [3.05, 3.63) is 36.5 Å². The van der Waals surface area contributed by atoms with Gasteiger partial charge in [0.25, 0.3) is 0 Å². The highest BCUT2D eigenvalue weighted by molar-refractivity contribution is 5.18. The van der Waals surface area contributed by atoms with E-state index in [2.05, 4.69) is 6.58 Å². The Hall–Kier alpha value is -0.860. The molecule has 64 valence electrons. The minimum atomic E-state index is 1.20. The summed E-state index contributed by atoms with van der Waals surface area (Å²) in [4.78, 5) is 0. The van der Waals surface area contributed by atoms with Crippen LogP contribution in [-0.2, 0) is 0 Å². The highest BCUT2D eigenvalue weighted by atomic mass is 16.5. The zero-order valence-electron chi connectivity index (χ0n) is 7.46. The maximum absolute atomic E-state index is 7.32. The molecular formula is C9H17NO. The molecule has 0 aromatic carbocycles. The molecule has 0 aliphatic carbocycles. The first kappa shape index (κ1) is 12.8. The molecule has 2 N–H and O–H groups in total. The summed E-state index contributed by atoms with van der Waals surface area (Å²) in [6, 6.07) is 0. The molecule has 2 heteroatoms. The van der Waals surface area contributed by atoms with Crippen molar-refractivity contribution in [2.24, 2.45) is 0 Å². The van der Waals surface area contributed by atoms with Crippen LogP contribution in [0, 0.1) is 0 Å². The summed E-state index contributed by atoms with van der Waals surface area (Å²) >= 11 is 0. The first-order valence-electron chi connectivity index (χ1n) is 3.45. The first-order chi connectivity index (χ1) is 5.22. The minimum absolute atomic E-state index is 1.20. The lowest BCUT2D eigenvalue weighted by Gasteiger charge is -1.81. The summed E-state index contributed by atoms with van der Waals surface area (Å²) in [6.45, 7) is 7.63. The van der Waals surface area contributed by atoms with Gasteiger partial charge in [0.15, 0.2) is 0 Å². The minimum Gasteiger partial charge on any atom is -0.317 e. The number of nitrogens with one attached hydrogen (secondary N) is 1. The van der Waals surface area contributed by atoms with Crippen LogP contribution in [0.1, 0.15) is 13.8 Å². The normalized spacial score (nSPS) is 10.7. The second kappa shape index (κ2) is 11.9. The lowest BCUT2D eigenvalue weighted by atomic mass is 10.3. The Morgan fingerprint density at radius 3 is 2.27 bits per heavy atom. The van der Waals surface area contributed by atoms with E-state index >= 15 is 0 Å². The maximum atomic E-state index is 7.32. The van der Waals surface area contributed by atoms with E-state index in [-0.39, 0.29) is 0 Å². The van der Waals surface area contributed by atoms with Gasteiger partial charge in [-0.3, -0.25) is 0 Å². The Morgan fingerprint density at radius 2 is 2.00 bits per heavy atom. The quantitative estimate of drug-likeness (QED) is 0.473. The van der Waals surface area contributed by atoms with E-state index in [1.807, 2.05) is 38.2 Å². The molecule has 0 unspecified atom stereocenters. The summed E-state index contributed by atoms with van der Waals surface area (Å²) in [5.74, 6) is 0. The molecule has 0 aliphatic rings. The van der Waals surface area contributed by atoms with E-state index in [0.717, 1.165) is 0 Å². The summed E-state index contributed by atoms with van der Waals surface area (Å²) in [7, 11) is 1.43. The van der Waals surface area contributed by atoms with Crippen LogP contribution in [0.5, 0.6) is 0 Å². The summed E-state index contributed by atoms with van der Waals surface area (Å²) < 4.78 is 0. The Bertz CT molecular complexity index is 136. The fraction of sp³-hybridized carbons (Fsp3) is 0.333. The number of allylic oxidation sites excluding steroid dienone is 5. The SMILES string of the molecule is C=C/C(C)=C\C=C/C.CNO. The third kappa shape index (κ3) is 17.6. The largest absolute Gasteiger partial charge is 0.317 e. The van der Waals surface area contributed by atoms with E-state index < -0.39 is 0 Å². The van der Waals surface area contributed by atoms with Crippen LogP contribution in [0.25, 0.3) is 0 Å². The predicted molar refractivity (Wildman–Crippen MR) is 49.6 cm³/mol. The van der Waals surface area contributed by atoms with E-state index in [9.17, 15) is 0 Å². The standard InChI is InChI=1S/C8H12.CH5NO/c1-4-6-7-8(3)5-2;1-2-3/h4-7H,2H2,1,3H3;2-3H,1H3/b6-4-,8-7-;. The third-order valence-corrected chi connectivity index (χ3v) is 0.874. The molecule has 0 radical (unpaired) electrons. The molecular weight excluding hydrogens is 138 g/mol. The van der Waals surface area contributed by atoms with Gasteiger partial charge in [0.05, 0.1) is 0 Å². The number of hydrogen-bond acceptors (Lipinski definition) is 2. The van der Waals surface area contributed by atoms with E-state index in [0.29, 0.717) is 0 Å². The Kier molecular flexibility index (Phi) is 13.8. The van der Waals surface area contributed by atoms with Crippen molar-refractivity contribution in [1.82, 2.24) is 5.48 Å². The van der Waals surface area contributed by atoms with Crippen LogP contribution in [0.4, 0.5) is 0 Å². The third-order valence-electron chi connectivity index (χ3n) is 0.874. The molecule has 0 aromatic heterocycles.